The molecule has 1 amide bonds. The van der Waals surface area contributed by atoms with Gasteiger partial charge in [-0.1, -0.05) is 46.4 Å². The Kier molecular flexibility index (Phi) is 7.49. The Morgan fingerprint density at radius 2 is 1.86 bits per heavy atom. The van der Waals surface area contributed by atoms with Crippen molar-refractivity contribution in [2.45, 2.75) is 45.2 Å². The van der Waals surface area contributed by atoms with E-state index in [0.717, 1.165) is 48.1 Å². The van der Waals surface area contributed by atoms with E-state index < -0.39 is 0 Å². The molecular formula is C24H29N11OS. The van der Waals surface area contributed by atoms with Gasteiger partial charge in [0.2, 0.25) is 16.2 Å². The second kappa shape index (κ2) is 11.3. The molecule has 1 aromatic carbocycles. The van der Waals surface area contributed by atoms with Gasteiger partial charge in [-0.2, -0.15) is 0 Å². The van der Waals surface area contributed by atoms with Gasteiger partial charge in [-0.25, -0.2) is 4.68 Å². The van der Waals surface area contributed by atoms with Crippen LogP contribution in [0.1, 0.15) is 36.1 Å². The van der Waals surface area contributed by atoms with Crippen molar-refractivity contribution in [3.8, 4) is 0 Å². The third-order valence-corrected chi connectivity index (χ3v) is 6.85. The third-order valence-electron chi connectivity index (χ3n) is 6.16. The van der Waals surface area contributed by atoms with E-state index in [-0.39, 0.29) is 12.3 Å². The number of carbonyl (C=O) groups is 1. The maximum atomic E-state index is 12.4. The summed E-state index contributed by atoms with van der Waals surface area (Å²) in [6, 6.07) is 12.3. The number of hydrogen-bond acceptors (Lipinski definition) is 11. The highest BCUT2D eigenvalue weighted by Gasteiger charge is 2.21. The number of hydrogen-bond donors (Lipinski definition) is 3. The van der Waals surface area contributed by atoms with Crippen LogP contribution in [0.25, 0.3) is 0 Å². The van der Waals surface area contributed by atoms with Crippen molar-refractivity contribution < 1.29 is 4.79 Å². The van der Waals surface area contributed by atoms with Gasteiger partial charge in [-0.3, -0.25) is 4.79 Å². The van der Waals surface area contributed by atoms with Crippen molar-refractivity contribution in [1.82, 2.24) is 35.4 Å². The molecule has 5 rings (SSSR count). The maximum absolute atomic E-state index is 12.4. The zero-order valence-electron chi connectivity index (χ0n) is 20.5. The molecule has 4 heterocycles. The van der Waals surface area contributed by atoms with Crippen molar-refractivity contribution in [2.75, 3.05) is 34.4 Å². The van der Waals surface area contributed by atoms with Crippen LogP contribution in [0.5, 0.6) is 0 Å². The van der Waals surface area contributed by atoms with E-state index in [1.165, 1.54) is 16.9 Å². The molecular weight excluding hydrogens is 490 g/mol. The summed E-state index contributed by atoms with van der Waals surface area (Å²) in [5.41, 5.74) is 8.79. The number of nitrogens with zero attached hydrogens (tertiary/aromatic N) is 8. The van der Waals surface area contributed by atoms with Gasteiger partial charge in [-0.05, 0) is 37.5 Å². The monoisotopic (exact) mass is 519 g/mol. The van der Waals surface area contributed by atoms with Crippen LogP contribution in [0.15, 0.2) is 42.6 Å². The molecule has 1 fully saturated rings. The van der Waals surface area contributed by atoms with Crippen molar-refractivity contribution >= 4 is 39.1 Å². The number of benzene rings is 1. The fraction of sp³-hybridized carbons (Fsp3) is 0.375. The molecule has 192 valence electrons. The third kappa shape index (κ3) is 6.76. The number of rotatable bonds is 9. The first-order chi connectivity index (χ1) is 18.0. The first kappa shape index (κ1) is 24.6. The Morgan fingerprint density at radius 3 is 2.57 bits per heavy atom. The molecule has 1 aliphatic heterocycles. The summed E-state index contributed by atoms with van der Waals surface area (Å²) in [4.78, 5) is 14.6. The minimum atomic E-state index is -0.140. The van der Waals surface area contributed by atoms with E-state index in [9.17, 15) is 4.79 Å². The summed E-state index contributed by atoms with van der Waals surface area (Å²) >= 11 is 1.35. The molecule has 12 nitrogen and oxygen atoms in total. The zero-order valence-corrected chi connectivity index (χ0v) is 21.4. The van der Waals surface area contributed by atoms with Gasteiger partial charge in [0.15, 0.2) is 11.6 Å². The molecule has 4 aromatic rings. The summed E-state index contributed by atoms with van der Waals surface area (Å²) in [5.74, 6) is 1.09. The number of aryl methyl sites for hydroxylation is 2. The first-order valence-electron chi connectivity index (χ1n) is 12.2. The van der Waals surface area contributed by atoms with Gasteiger partial charge in [0.05, 0.1) is 12.2 Å². The SMILES string of the molecule is Cc1ccc(Cn2cc(CCC(=O)Nc3ccc(N4CCC(Nc5nnc(N)s5)CC4)nn3)nn2)cc1. The van der Waals surface area contributed by atoms with Crippen LogP contribution >= 0.6 is 11.3 Å². The Morgan fingerprint density at radius 1 is 1.05 bits per heavy atom. The number of nitrogen functional groups attached to an aromatic ring is 1. The lowest BCUT2D eigenvalue weighted by atomic mass is 10.1. The lowest BCUT2D eigenvalue weighted by Crippen LogP contribution is -2.39. The van der Waals surface area contributed by atoms with Gasteiger partial charge in [0.1, 0.15) is 0 Å². The summed E-state index contributed by atoms with van der Waals surface area (Å²) in [5, 5.41) is 32.1. The molecule has 0 unspecified atom stereocenters. The molecule has 0 radical (unpaired) electrons. The summed E-state index contributed by atoms with van der Waals surface area (Å²) in [6.45, 7) is 4.40. The second-order valence-electron chi connectivity index (χ2n) is 9.07. The first-order valence-corrected chi connectivity index (χ1v) is 13.0. The number of carbonyl (C=O) groups excluding carboxylic acids is 1. The number of nitrogens with two attached hydrogens (primary N) is 1. The molecule has 0 aliphatic carbocycles. The predicted molar refractivity (Wildman–Crippen MR) is 142 cm³/mol. The lowest BCUT2D eigenvalue weighted by molar-refractivity contribution is -0.116. The summed E-state index contributed by atoms with van der Waals surface area (Å²) in [7, 11) is 0. The highest BCUT2D eigenvalue weighted by molar-refractivity contribution is 7.18. The molecule has 4 N–H and O–H groups in total. The maximum Gasteiger partial charge on any atom is 0.225 e. The Hall–Kier alpha value is -4.13. The van der Waals surface area contributed by atoms with E-state index >= 15 is 0 Å². The molecule has 0 saturated carbocycles. The van der Waals surface area contributed by atoms with Crippen LogP contribution in [-0.2, 0) is 17.8 Å². The number of piperidine rings is 1. The van der Waals surface area contributed by atoms with Crippen LogP contribution < -0.4 is 21.3 Å². The minimum absolute atomic E-state index is 0.140. The zero-order chi connectivity index (χ0) is 25.6. The van der Waals surface area contributed by atoms with Crippen molar-refractivity contribution in [1.29, 1.82) is 0 Å². The van der Waals surface area contributed by atoms with Crippen LogP contribution in [0.3, 0.4) is 0 Å². The van der Waals surface area contributed by atoms with Gasteiger partial charge in [0.25, 0.3) is 0 Å². The predicted octanol–water partition coefficient (Wildman–Crippen LogP) is 2.51. The fourth-order valence-electron chi connectivity index (χ4n) is 4.14. The van der Waals surface area contributed by atoms with E-state index in [1.807, 2.05) is 12.3 Å². The van der Waals surface area contributed by atoms with Gasteiger partial charge >= 0.3 is 0 Å². The fourth-order valence-corrected chi connectivity index (χ4v) is 4.73. The highest BCUT2D eigenvalue weighted by atomic mass is 32.1. The van der Waals surface area contributed by atoms with Gasteiger partial charge < -0.3 is 21.3 Å². The Bertz CT molecular complexity index is 1310. The molecule has 13 heteroatoms. The average Bonchev–Trinajstić information content (AvgIpc) is 3.53. The van der Waals surface area contributed by atoms with Crippen LogP contribution in [-0.4, -0.2) is 60.4 Å². The van der Waals surface area contributed by atoms with Crippen LogP contribution in [0.2, 0.25) is 0 Å². The van der Waals surface area contributed by atoms with Crippen LogP contribution in [0, 0.1) is 6.92 Å². The van der Waals surface area contributed by atoms with E-state index in [4.69, 9.17) is 5.73 Å². The second-order valence-corrected chi connectivity index (χ2v) is 10.1. The van der Waals surface area contributed by atoms with Gasteiger partial charge in [0, 0.05) is 38.2 Å². The minimum Gasteiger partial charge on any atom is -0.374 e. The normalized spacial score (nSPS) is 14.0. The summed E-state index contributed by atoms with van der Waals surface area (Å²) in [6.07, 6.45) is 4.54. The van der Waals surface area contributed by atoms with Gasteiger partial charge in [-0.15, -0.1) is 25.5 Å². The molecule has 1 saturated heterocycles. The number of nitrogens with one attached hydrogen (secondary N) is 2. The Labute approximate surface area is 218 Å². The van der Waals surface area contributed by atoms with Crippen molar-refractivity contribution in [3.05, 3.63) is 59.4 Å². The highest BCUT2D eigenvalue weighted by Crippen LogP contribution is 2.23. The lowest BCUT2D eigenvalue weighted by Gasteiger charge is -2.32. The standard InChI is InChI=1S/C24H29N11OS/c1-16-2-4-17(5-3-16)14-35-15-19(28-33-35)6-9-22(36)27-20-7-8-21(30-29-20)34-12-10-18(11-13-34)26-24-32-31-23(25)37-24/h2-5,7-8,15,18H,6,9-14H2,1H3,(H2,25,31)(H,26,32)(H,27,29,36). The molecule has 37 heavy (non-hydrogen) atoms. The topological polar surface area (TPSA) is 153 Å². The largest absolute Gasteiger partial charge is 0.374 e. The average molecular weight is 520 g/mol. The number of anilines is 4. The van der Waals surface area contributed by atoms with Crippen molar-refractivity contribution in [3.63, 3.8) is 0 Å². The van der Waals surface area contributed by atoms with Crippen molar-refractivity contribution in [2.24, 2.45) is 0 Å². The number of amides is 1. The van der Waals surface area contributed by atoms with E-state index in [0.29, 0.717) is 30.0 Å². The quantitative estimate of drug-likeness (QED) is 0.301. The Balaban J connectivity index is 1.05. The molecule has 0 bridgehead atoms. The number of aromatic nitrogens is 7. The van der Waals surface area contributed by atoms with Crippen LogP contribution in [0.4, 0.5) is 21.9 Å². The summed E-state index contributed by atoms with van der Waals surface area (Å²) < 4.78 is 1.78. The smallest absolute Gasteiger partial charge is 0.225 e. The van der Waals surface area contributed by atoms with E-state index in [1.54, 1.807) is 10.7 Å². The van der Waals surface area contributed by atoms with E-state index in [2.05, 4.69) is 77.4 Å². The molecule has 0 atom stereocenters. The molecule has 1 aliphatic rings. The molecule has 0 spiro atoms. The molecule has 3 aromatic heterocycles.